The first kappa shape index (κ1) is 21.2. The van der Waals surface area contributed by atoms with Crippen LogP contribution in [-0.4, -0.2) is 40.3 Å². The van der Waals surface area contributed by atoms with Crippen molar-refractivity contribution in [3.8, 4) is 5.75 Å². The summed E-state index contributed by atoms with van der Waals surface area (Å²) in [6.45, 7) is 4.09. The highest BCUT2D eigenvalue weighted by Crippen LogP contribution is 2.24. The van der Waals surface area contributed by atoms with E-state index in [1.807, 2.05) is 38.1 Å². The summed E-state index contributed by atoms with van der Waals surface area (Å²) in [6, 6.07) is 12.7. The van der Waals surface area contributed by atoms with Crippen LogP contribution in [0.1, 0.15) is 11.1 Å². The first-order valence-electron chi connectivity index (χ1n) is 8.37. The third-order valence-corrected chi connectivity index (χ3v) is 5.92. The van der Waals surface area contributed by atoms with Gasteiger partial charge >= 0.3 is 0 Å². The molecule has 1 N–H and O–H groups in total. The van der Waals surface area contributed by atoms with Crippen molar-refractivity contribution >= 4 is 37.5 Å². The van der Waals surface area contributed by atoms with Crippen LogP contribution in [0.2, 0.25) is 0 Å². The molecule has 0 fully saturated rings. The van der Waals surface area contributed by atoms with Gasteiger partial charge < -0.3 is 10.1 Å². The predicted molar refractivity (Wildman–Crippen MR) is 111 cm³/mol. The highest BCUT2D eigenvalue weighted by molar-refractivity contribution is 9.10. The molecule has 0 aromatic heterocycles. The fraction of sp³-hybridized carbons (Fsp3) is 0.316. The molecule has 0 radical (unpaired) electrons. The molecule has 2 rings (SSSR count). The van der Waals surface area contributed by atoms with E-state index in [0.717, 1.165) is 31.9 Å². The highest BCUT2D eigenvalue weighted by Gasteiger charge is 2.21. The number of carbonyl (C=O) groups is 1. The fourth-order valence-corrected chi connectivity index (χ4v) is 3.54. The standard InChI is InChI=1S/C19H23BrN2O4S/c1-14-6-4-5-7-18(14)26-11-10-21-19(23)13-22(27(3,24)25)16-8-9-17(20)15(2)12-16/h4-9,12H,10-11,13H2,1-3H3,(H,21,23). The van der Waals surface area contributed by atoms with Crippen LogP contribution < -0.4 is 14.4 Å². The molecule has 6 nitrogen and oxygen atoms in total. The van der Waals surface area contributed by atoms with Gasteiger partial charge in [0.1, 0.15) is 18.9 Å². The molecule has 0 saturated carbocycles. The number of nitrogens with zero attached hydrogens (tertiary/aromatic N) is 1. The van der Waals surface area contributed by atoms with Gasteiger partial charge in [0.15, 0.2) is 0 Å². The Bertz CT molecular complexity index is 916. The minimum Gasteiger partial charge on any atom is -0.491 e. The zero-order valence-electron chi connectivity index (χ0n) is 15.5. The van der Waals surface area contributed by atoms with Crippen molar-refractivity contribution in [3.05, 3.63) is 58.1 Å². The van der Waals surface area contributed by atoms with Crippen molar-refractivity contribution in [3.63, 3.8) is 0 Å². The quantitative estimate of drug-likeness (QED) is 0.621. The molecule has 0 aliphatic heterocycles. The summed E-state index contributed by atoms with van der Waals surface area (Å²) in [7, 11) is -3.60. The number of ether oxygens (including phenoxy) is 1. The smallest absolute Gasteiger partial charge is 0.240 e. The summed E-state index contributed by atoms with van der Waals surface area (Å²) in [5.74, 6) is 0.365. The Balaban J connectivity index is 1.94. The molecule has 0 spiro atoms. The molecule has 27 heavy (non-hydrogen) atoms. The second kappa shape index (κ2) is 9.23. The molecule has 1 amide bonds. The van der Waals surface area contributed by atoms with E-state index in [1.54, 1.807) is 18.2 Å². The van der Waals surface area contributed by atoms with Crippen molar-refractivity contribution in [2.75, 3.05) is 30.3 Å². The van der Waals surface area contributed by atoms with Crippen molar-refractivity contribution in [1.82, 2.24) is 5.32 Å². The molecule has 2 aromatic carbocycles. The van der Waals surface area contributed by atoms with Crippen molar-refractivity contribution < 1.29 is 17.9 Å². The molecule has 0 aliphatic carbocycles. The van der Waals surface area contributed by atoms with E-state index in [0.29, 0.717) is 12.3 Å². The Morgan fingerprint density at radius 2 is 1.85 bits per heavy atom. The number of aryl methyl sites for hydroxylation is 2. The monoisotopic (exact) mass is 454 g/mol. The number of sulfonamides is 1. The first-order valence-corrected chi connectivity index (χ1v) is 11.0. The third-order valence-electron chi connectivity index (χ3n) is 3.89. The minimum absolute atomic E-state index is 0.282. The minimum atomic E-state index is -3.60. The van der Waals surface area contributed by atoms with Crippen LogP contribution in [0.3, 0.4) is 0 Å². The lowest BCUT2D eigenvalue weighted by Crippen LogP contribution is -2.41. The lowest BCUT2D eigenvalue weighted by atomic mass is 10.2. The van der Waals surface area contributed by atoms with E-state index in [-0.39, 0.29) is 13.1 Å². The number of halogens is 1. The van der Waals surface area contributed by atoms with Gasteiger partial charge in [0.05, 0.1) is 18.5 Å². The molecule has 0 unspecified atom stereocenters. The van der Waals surface area contributed by atoms with Crippen LogP contribution in [0.5, 0.6) is 5.75 Å². The lowest BCUT2D eigenvalue weighted by molar-refractivity contribution is -0.119. The van der Waals surface area contributed by atoms with Gasteiger partial charge in [-0.15, -0.1) is 0 Å². The number of carbonyl (C=O) groups excluding carboxylic acids is 1. The van der Waals surface area contributed by atoms with Crippen LogP contribution in [0.15, 0.2) is 46.9 Å². The maximum absolute atomic E-state index is 12.2. The van der Waals surface area contributed by atoms with Crippen LogP contribution in [0, 0.1) is 13.8 Å². The van der Waals surface area contributed by atoms with Crippen LogP contribution in [0.25, 0.3) is 0 Å². The number of para-hydroxylation sites is 1. The molecular weight excluding hydrogens is 432 g/mol. The number of anilines is 1. The Kier molecular flexibility index (Phi) is 7.26. The Morgan fingerprint density at radius 3 is 2.48 bits per heavy atom. The summed E-state index contributed by atoms with van der Waals surface area (Å²) in [4.78, 5) is 12.2. The van der Waals surface area contributed by atoms with E-state index < -0.39 is 15.9 Å². The topological polar surface area (TPSA) is 75.7 Å². The molecule has 0 bridgehead atoms. The Hall–Kier alpha value is -2.06. The second-order valence-corrected chi connectivity index (χ2v) is 8.93. The van der Waals surface area contributed by atoms with E-state index >= 15 is 0 Å². The van der Waals surface area contributed by atoms with Crippen LogP contribution >= 0.6 is 15.9 Å². The first-order chi connectivity index (χ1) is 12.7. The van der Waals surface area contributed by atoms with Gasteiger partial charge in [-0.25, -0.2) is 8.42 Å². The van der Waals surface area contributed by atoms with Gasteiger partial charge in [0.2, 0.25) is 15.9 Å². The molecule has 0 aliphatic rings. The van der Waals surface area contributed by atoms with Gasteiger partial charge in [-0.05, 0) is 49.2 Å². The molecule has 146 valence electrons. The second-order valence-electron chi connectivity index (χ2n) is 6.17. The van der Waals surface area contributed by atoms with Gasteiger partial charge in [-0.1, -0.05) is 34.1 Å². The summed E-state index contributed by atoms with van der Waals surface area (Å²) >= 11 is 3.39. The number of rotatable bonds is 8. The molecular formula is C19H23BrN2O4S. The predicted octanol–water partition coefficient (Wildman–Crippen LogP) is 3.03. The van der Waals surface area contributed by atoms with E-state index in [4.69, 9.17) is 4.74 Å². The van der Waals surface area contributed by atoms with Crippen LogP contribution in [-0.2, 0) is 14.8 Å². The molecule has 8 heteroatoms. The summed E-state index contributed by atoms with van der Waals surface area (Å²) in [6.07, 6.45) is 1.08. The van der Waals surface area contributed by atoms with Crippen molar-refractivity contribution in [2.45, 2.75) is 13.8 Å². The maximum atomic E-state index is 12.2. The third kappa shape index (κ3) is 6.25. The van der Waals surface area contributed by atoms with Gasteiger partial charge in [-0.2, -0.15) is 0 Å². The van der Waals surface area contributed by atoms with Crippen molar-refractivity contribution in [1.29, 1.82) is 0 Å². The average Bonchev–Trinajstić information content (AvgIpc) is 2.59. The largest absolute Gasteiger partial charge is 0.491 e. The number of benzene rings is 2. The maximum Gasteiger partial charge on any atom is 0.240 e. The van der Waals surface area contributed by atoms with Gasteiger partial charge in [0, 0.05) is 4.47 Å². The Labute approximate surface area is 168 Å². The number of nitrogens with one attached hydrogen (secondary N) is 1. The number of hydrogen-bond acceptors (Lipinski definition) is 4. The van der Waals surface area contributed by atoms with E-state index in [2.05, 4.69) is 21.2 Å². The molecule has 0 atom stereocenters. The Morgan fingerprint density at radius 1 is 1.15 bits per heavy atom. The summed E-state index contributed by atoms with van der Waals surface area (Å²) in [5, 5.41) is 2.69. The summed E-state index contributed by atoms with van der Waals surface area (Å²) < 4.78 is 31.8. The lowest BCUT2D eigenvalue weighted by Gasteiger charge is -2.22. The van der Waals surface area contributed by atoms with Gasteiger partial charge in [-0.3, -0.25) is 9.10 Å². The average molecular weight is 455 g/mol. The molecule has 2 aromatic rings. The number of hydrogen-bond donors (Lipinski definition) is 1. The summed E-state index contributed by atoms with van der Waals surface area (Å²) in [5.41, 5.74) is 2.34. The zero-order valence-corrected chi connectivity index (χ0v) is 17.9. The SMILES string of the molecule is Cc1cc(N(CC(=O)NCCOc2ccccc2C)S(C)(=O)=O)ccc1Br. The van der Waals surface area contributed by atoms with E-state index in [9.17, 15) is 13.2 Å². The fourth-order valence-electron chi connectivity index (χ4n) is 2.44. The molecule has 0 heterocycles. The van der Waals surface area contributed by atoms with E-state index in [1.165, 1.54) is 0 Å². The number of amides is 1. The molecule has 0 saturated heterocycles. The van der Waals surface area contributed by atoms with Crippen molar-refractivity contribution in [2.24, 2.45) is 0 Å². The normalized spacial score (nSPS) is 11.1. The van der Waals surface area contributed by atoms with Gasteiger partial charge in [0.25, 0.3) is 0 Å². The zero-order chi connectivity index (χ0) is 20.0. The highest BCUT2D eigenvalue weighted by atomic mass is 79.9. The van der Waals surface area contributed by atoms with Crippen LogP contribution in [0.4, 0.5) is 5.69 Å².